The lowest BCUT2D eigenvalue weighted by Crippen LogP contribution is -2.29. The molecule has 26 heavy (non-hydrogen) atoms. The molecule has 0 unspecified atom stereocenters. The van der Waals surface area contributed by atoms with E-state index in [1.807, 2.05) is 25.1 Å². The first-order valence-corrected chi connectivity index (χ1v) is 8.56. The largest absolute Gasteiger partial charge is 0.497 e. The Morgan fingerprint density at radius 1 is 1.23 bits per heavy atom. The third kappa shape index (κ3) is 3.18. The van der Waals surface area contributed by atoms with Gasteiger partial charge in [0.2, 0.25) is 0 Å². The maximum atomic E-state index is 12.7. The van der Waals surface area contributed by atoms with Gasteiger partial charge in [-0.1, -0.05) is 11.6 Å². The van der Waals surface area contributed by atoms with Crippen LogP contribution in [0.15, 0.2) is 35.3 Å². The fraction of sp³-hybridized carbons (Fsp3) is 0.316. The number of aryl methyl sites for hydroxylation is 1. The van der Waals surface area contributed by atoms with Gasteiger partial charge in [0.15, 0.2) is 5.65 Å². The standard InChI is InChI=1S/C19H20ClN3O3/c1-11(10-25-3)23-18-17(22-12(2)19(23)24)15(7-8-21-18)14-6-5-13(26-4)9-16(14)20/h5-9,11H,10H2,1-4H3/t11-/m1/s1. The smallest absolute Gasteiger partial charge is 0.273 e. The van der Waals surface area contributed by atoms with Crippen molar-refractivity contribution in [2.24, 2.45) is 0 Å². The predicted molar refractivity (Wildman–Crippen MR) is 102 cm³/mol. The number of aromatic nitrogens is 3. The third-order valence-corrected chi connectivity index (χ3v) is 4.57. The van der Waals surface area contributed by atoms with E-state index < -0.39 is 0 Å². The first-order chi connectivity index (χ1) is 12.5. The van der Waals surface area contributed by atoms with Gasteiger partial charge in [-0.3, -0.25) is 9.36 Å². The van der Waals surface area contributed by atoms with E-state index in [0.717, 1.165) is 11.1 Å². The summed E-state index contributed by atoms with van der Waals surface area (Å²) in [7, 11) is 3.20. The summed E-state index contributed by atoms with van der Waals surface area (Å²) in [6, 6.07) is 7.13. The number of halogens is 1. The molecule has 0 aliphatic heterocycles. The molecule has 7 heteroatoms. The van der Waals surface area contributed by atoms with E-state index in [9.17, 15) is 4.79 Å². The van der Waals surface area contributed by atoms with Gasteiger partial charge < -0.3 is 9.47 Å². The highest BCUT2D eigenvalue weighted by molar-refractivity contribution is 6.33. The molecule has 1 aromatic carbocycles. The summed E-state index contributed by atoms with van der Waals surface area (Å²) in [4.78, 5) is 21.6. The van der Waals surface area contributed by atoms with E-state index in [4.69, 9.17) is 21.1 Å². The Morgan fingerprint density at radius 3 is 2.65 bits per heavy atom. The van der Waals surface area contributed by atoms with Crippen molar-refractivity contribution in [3.63, 3.8) is 0 Å². The number of hydrogen-bond acceptors (Lipinski definition) is 5. The lowest BCUT2D eigenvalue weighted by Gasteiger charge is -2.18. The lowest BCUT2D eigenvalue weighted by molar-refractivity contribution is 0.162. The maximum absolute atomic E-state index is 12.7. The van der Waals surface area contributed by atoms with E-state index in [1.165, 1.54) is 0 Å². The van der Waals surface area contributed by atoms with Crippen LogP contribution in [-0.4, -0.2) is 35.4 Å². The van der Waals surface area contributed by atoms with Crippen molar-refractivity contribution in [3.05, 3.63) is 51.5 Å². The molecule has 2 heterocycles. The van der Waals surface area contributed by atoms with E-state index in [-0.39, 0.29) is 11.6 Å². The highest BCUT2D eigenvalue weighted by Crippen LogP contribution is 2.34. The minimum atomic E-state index is -0.175. The molecule has 0 radical (unpaired) electrons. The highest BCUT2D eigenvalue weighted by atomic mass is 35.5. The SMILES string of the molecule is COC[C@@H](C)n1c(=O)c(C)nc2c(-c3ccc(OC)cc3Cl)ccnc21. The molecular formula is C19H20ClN3O3. The normalized spacial score (nSPS) is 12.3. The second kappa shape index (κ2) is 7.43. The van der Waals surface area contributed by atoms with Gasteiger partial charge in [-0.25, -0.2) is 9.97 Å². The summed E-state index contributed by atoms with van der Waals surface area (Å²) < 4.78 is 12.1. The average Bonchev–Trinajstić information content (AvgIpc) is 2.62. The van der Waals surface area contributed by atoms with Crippen molar-refractivity contribution in [2.45, 2.75) is 19.9 Å². The van der Waals surface area contributed by atoms with Crippen molar-refractivity contribution >= 4 is 22.8 Å². The molecule has 0 saturated carbocycles. The quantitative estimate of drug-likeness (QED) is 0.683. The number of pyridine rings is 1. The van der Waals surface area contributed by atoms with Crippen LogP contribution in [0.3, 0.4) is 0 Å². The van der Waals surface area contributed by atoms with Crippen LogP contribution >= 0.6 is 11.6 Å². The van der Waals surface area contributed by atoms with Gasteiger partial charge in [0.05, 0.1) is 24.8 Å². The Morgan fingerprint density at radius 2 is 2.00 bits per heavy atom. The molecule has 0 bridgehead atoms. The summed E-state index contributed by atoms with van der Waals surface area (Å²) in [5.74, 6) is 0.673. The zero-order chi connectivity index (χ0) is 18.8. The van der Waals surface area contributed by atoms with E-state index >= 15 is 0 Å². The van der Waals surface area contributed by atoms with Crippen molar-refractivity contribution in [2.75, 3.05) is 20.8 Å². The molecule has 0 amide bonds. The Hall–Kier alpha value is -2.44. The van der Waals surface area contributed by atoms with Crippen LogP contribution in [0.25, 0.3) is 22.3 Å². The molecule has 0 spiro atoms. The fourth-order valence-electron chi connectivity index (χ4n) is 3.00. The summed E-state index contributed by atoms with van der Waals surface area (Å²) in [5, 5.41) is 0.541. The molecule has 1 atom stereocenters. The van der Waals surface area contributed by atoms with E-state index in [2.05, 4.69) is 9.97 Å². The predicted octanol–water partition coefficient (Wildman–Crippen LogP) is 3.64. The maximum Gasteiger partial charge on any atom is 0.273 e. The summed E-state index contributed by atoms with van der Waals surface area (Å²) in [6.45, 7) is 4.01. The van der Waals surface area contributed by atoms with Gasteiger partial charge in [0.1, 0.15) is 17.0 Å². The van der Waals surface area contributed by atoms with Gasteiger partial charge in [-0.15, -0.1) is 0 Å². The minimum absolute atomic E-state index is 0.174. The van der Waals surface area contributed by atoms with Crippen molar-refractivity contribution in [1.29, 1.82) is 0 Å². The summed E-state index contributed by atoms with van der Waals surface area (Å²) >= 11 is 6.45. The van der Waals surface area contributed by atoms with Crippen LogP contribution in [0.1, 0.15) is 18.7 Å². The highest BCUT2D eigenvalue weighted by Gasteiger charge is 2.18. The van der Waals surface area contributed by atoms with Gasteiger partial charge in [0, 0.05) is 24.4 Å². The van der Waals surface area contributed by atoms with Gasteiger partial charge in [-0.05, 0) is 38.1 Å². The molecular weight excluding hydrogens is 354 g/mol. The first-order valence-electron chi connectivity index (χ1n) is 8.18. The lowest BCUT2D eigenvalue weighted by atomic mass is 10.1. The molecule has 3 aromatic rings. The molecule has 2 aromatic heterocycles. The number of nitrogens with zero attached hydrogens (tertiary/aromatic N) is 3. The molecule has 0 saturated heterocycles. The first kappa shape index (κ1) is 18.4. The Balaban J connectivity index is 2.31. The van der Waals surface area contributed by atoms with Gasteiger partial charge in [-0.2, -0.15) is 0 Å². The van der Waals surface area contributed by atoms with E-state index in [1.54, 1.807) is 38.0 Å². The number of hydrogen-bond donors (Lipinski definition) is 0. The van der Waals surface area contributed by atoms with Gasteiger partial charge >= 0.3 is 0 Å². The molecule has 0 aliphatic rings. The second-order valence-electron chi connectivity index (χ2n) is 6.05. The van der Waals surface area contributed by atoms with E-state index in [0.29, 0.717) is 34.2 Å². The summed E-state index contributed by atoms with van der Waals surface area (Å²) in [5.41, 5.74) is 2.97. The topological polar surface area (TPSA) is 66.2 Å². The van der Waals surface area contributed by atoms with Crippen molar-refractivity contribution in [3.8, 4) is 16.9 Å². The Kier molecular flexibility index (Phi) is 5.25. The zero-order valence-electron chi connectivity index (χ0n) is 15.1. The van der Waals surface area contributed by atoms with Crippen LogP contribution in [0.4, 0.5) is 0 Å². The number of ether oxygens (including phenoxy) is 2. The Labute approximate surface area is 156 Å². The van der Waals surface area contributed by atoms with Crippen LogP contribution < -0.4 is 10.3 Å². The molecule has 6 nitrogen and oxygen atoms in total. The summed E-state index contributed by atoms with van der Waals surface area (Å²) in [6.07, 6.45) is 1.66. The van der Waals surface area contributed by atoms with Crippen LogP contribution in [0.5, 0.6) is 5.75 Å². The van der Waals surface area contributed by atoms with Crippen molar-refractivity contribution in [1.82, 2.24) is 14.5 Å². The monoisotopic (exact) mass is 373 g/mol. The number of fused-ring (bicyclic) bond motifs is 1. The number of rotatable bonds is 5. The van der Waals surface area contributed by atoms with Crippen molar-refractivity contribution < 1.29 is 9.47 Å². The third-order valence-electron chi connectivity index (χ3n) is 4.26. The average molecular weight is 374 g/mol. The number of methoxy groups -OCH3 is 2. The van der Waals surface area contributed by atoms with Crippen LogP contribution in [0.2, 0.25) is 5.02 Å². The molecule has 3 rings (SSSR count). The molecule has 0 aliphatic carbocycles. The Bertz CT molecular complexity index is 1020. The second-order valence-corrected chi connectivity index (χ2v) is 6.46. The zero-order valence-corrected chi connectivity index (χ0v) is 15.9. The number of benzene rings is 1. The fourth-order valence-corrected chi connectivity index (χ4v) is 3.27. The molecule has 0 N–H and O–H groups in total. The van der Waals surface area contributed by atoms with Gasteiger partial charge in [0.25, 0.3) is 5.56 Å². The molecule has 136 valence electrons. The van der Waals surface area contributed by atoms with Crippen LogP contribution in [0, 0.1) is 6.92 Å². The van der Waals surface area contributed by atoms with Crippen LogP contribution in [-0.2, 0) is 4.74 Å². The molecule has 0 fully saturated rings. The minimum Gasteiger partial charge on any atom is -0.497 e.